The maximum Gasteiger partial charge on any atom is 0.193 e. The predicted octanol–water partition coefficient (Wildman–Crippen LogP) is 2.67. The first kappa shape index (κ1) is 25.9. The summed E-state index contributed by atoms with van der Waals surface area (Å²) in [5, 5.41) is 3.47. The van der Waals surface area contributed by atoms with E-state index in [9.17, 15) is 0 Å². The molecule has 0 spiro atoms. The summed E-state index contributed by atoms with van der Waals surface area (Å²) in [5.74, 6) is 1.00. The van der Waals surface area contributed by atoms with Gasteiger partial charge in [0.1, 0.15) is 0 Å². The highest BCUT2D eigenvalue weighted by Gasteiger charge is 2.23. The fraction of sp³-hybridized carbons (Fsp3) is 0.950. The van der Waals surface area contributed by atoms with Gasteiger partial charge in [0.25, 0.3) is 0 Å². The van der Waals surface area contributed by atoms with Crippen LogP contribution in [0.15, 0.2) is 4.99 Å². The summed E-state index contributed by atoms with van der Waals surface area (Å²) < 4.78 is 22.3. The molecule has 1 N–H and O–H groups in total. The first-order valence-electron chi connectivity index (χ1n) is 10.6. The second-order valence-electron chi connectivity index (χ2n) is 7.29. The number of unbranched alkanes of at least 4 members (excludes halogenated alkanes) is 1. The summed E-state index contributed by atoms with van der Waals surface area (Å²) in [6.45, 7) is 6.70. The lowest BCUT2D eigenvalue weighted by molar-refractivity contribution is -0.0721. The highest BCUT2D eigenvalue weighted by molar-refractivity contribution is 14.0. The molecule has 0 radical (unpaired) electrons. The molecule has 2 rings (SSSR count). The molecule has 2 aliphatic heterocycles. The Labute approximate surface area is 187 Å². The Morgan fingerprint density at radius 3 is 2.61 bits per heavy atom. The van der Waals surface area contributed by atoms with Crippen LogP contribution in [-0.4, -0.2) is 89.9 Å². The van der Waals surface area contributed by atoms with Gasteiger partial charge in [-0.2, -0.15) is 0 Å². The number of hydrogen-bond acceptors (Lipinski definition) is 5. The summed E-state index contributed by atoms with van der Waals surface area (Å²) in [7, 11) is 3.55. The maximum atomic E-state index is 6.10. The third-order valence-electron chi connectivity index (χ3n) is 5.18. The molecule has 2 aliphatic rings. The van der Waals surface area contributed by atoms with Gasteiger partial charge in [-0.15, -0.1) is 24.0 Å². The lowest BCUT2D eigenvalue weighted by atomic mass is 10.1. The number of nitrogens with zero attached hydrogens (tertiary/aromatic N) is 2. The van der Waals surface area contributed by atoms with Crippen molar-refractivity contribution in [3.05, 3.63) is 0 Å². The number of hydrogen-bond donors (Lipinski definition) is 1. The summed E-state index contributed by atoms with van der Waals surface area (Å²) in [6, 6.07) is 0. The van der Waals surface area contributed by atoms with Crippen LogP contribution >= 0.6 is 24.0 Å². The Kier molecular flexibility index (Phi) is 15.4. The SMILES string of the molecule is CN=C(NCCCCOCCOC)N1CCC(OCC2CCCCO2)CC1.I. The van der Waals surface area contributed by atoms with Crippen LogP contribution in [0.3, 0.4) is 0 Å². The molecule has 0 bridgehead atoms. The van der Waals surface area contributed by atoms with E-state index in [1.54, 1.807) is 7.11 Å². The summed E-state index contributed by atoms with van der Waals surface area (Å²) >= 11 is 0. The molecule has 0 aliphatic carbocycles. The van der Waals surface area contributed by atoms with Gasteiger partial charge in [-0.1, -0.05) is 0 Å². The first-order valence-corrected chi connectivity index (χ1v) is 10.6. The number of piperidine rings is 1. The van der Waals surface area contributed by atoms with E-state index in [0.717, 1.165) is 77.5 Å². The van der Waals surface area contributed by atoms with Crippen LogP contribution in [0.5, 0.6) is 0 Å². The van der Waals surface area contributed by atoms with Crippen LogP contribution < -0.4 is 5.32 Å². The summed E-state index contributed by atoms with van der Waals surface area (Å²) in [6.07, 6.45) is 8.52. The van der Waals surface area contributed by atoms with Crippen LogP contribution in [0.1, 0.15) is 44.9 Å². The van der Waals surface area contributed by atoms with E-state index in [-0.39, 0.29) is 24.0 Å². The molecule has 1 unspecified atom stereocenters. The number of rotatable bonds is 11. The third kappa shape index (κ3) is 10.6. The van der Waals surface area contributed by atoms with Crippen molar-refractivity contribution in [1.82, 2.24) is 10.2 Å². The third-order valence-corrected chi connectivity index (χ3v) is 5.18. The van der Waals surface area contributed by atoms with Crippen LogP contribution in [0.4, 0.5) is 0 Å². The minimum atomic E-state index is 0. The quantitative estimate of drug-likeness (QED) is 0.199. The molecular formula is C20H40IN3O4. The number of halogens is 1. The van der Waals surface area contributed by atoms with Crippen molar-refractivity contribution in [3.63, 3.8) is 0 Å². The summed E-state index contributed by atoms with van der Waals surface area (Å²) in [5.41, 5.74) is 0. The Bertz CT molecular complexity index is 401. The smallest absolute Gasteiger partial charge is 0.193 e. The molecule has 2 fully saturated rings. The molecule has 8 heteroatoms. The van der Waals surface area contributed by atoms with Gasteiger partial charge in [0.2, 0.25) is 0 Å². The second-order valence-corrected chi connectivity index (χ2v) is 7.29. The van der Waals surface area contributed by atoms with Gasteiger partial charge in [0.05, 0.1) is 32.0 Å². The summed E-state index contributed by atoms with van der Waals surface area (Å²) in [4.78, 5) is 6.78. The van der Waals surface area contributed by atoms with Crippen molar-refractivity contribution < 1.29 is 18.9 Å². The molecule has 0 amide bonds. The average molecular weight is 513 g/mol. The van der Waals surface area contributed by atoms with Gasteiger partial charge in [-0.25, -0.2) is 0 Å². The second kappa shape index (κ2) is 16.6. The van der Waals surface area contributed by atoms with E-state index in [1.807, 2.05) is 7.05 Å². The molecule has 0 saturated carbocycles. The van der Waals surface area contributed by atoms with Crippen molar-refractivity contribution >= 4 is 29.9 Å². The first-order chi connectivity index (χ1) is 13.3. The molecule has 0 aromatic carbocycles. The molecule has 2 saturated heterocycles. The van der Waals surface area contributed by atoms with Gasteiger partial charge in [-0.3, -0.25) is 4.99 Å². The minimum Gasteiger partial charge on any atom is -0.382 e. The van der Waals surface area contributed by atoms with Crippen molar-refractivity contribution in [2.45, 2.75) is 57.2 Å². The van der Waals surface area contributed by atoms with Gasteiger partial charge >= 0.3 is 0 Å². The lowest BCUT2D eigenvalue weighted by Gasteiger charge is -2.35. The maximum absolute atomic E-state index is 6.10. The Morgan fingerprint density at radius 1 is 1.11 bits per heavy atom. The van der Waals surface area contributed by atoms with Crippen LogP contribution in [0, 0.1) is 0 Å². The topological polar surface area (TPSA) is 64.6 Å². The monoisotopic (exact) mass is 513 g/mol. The molecule has 0 aromatic heterocycles. The van der Waals surface area contributed by atoms with Crippen molar-refractivity contribution in [2.24, 2.45) is 4.99 Å². The molecule has 1 atom stereocenters. The number of ether oxygens (including phenoxy) is 4. The molecule has 28 heavy (non-hydrogen) atoms. The Hall–Kier alpha value is -0.160. The zero-order chi connectivity index (χ0) is 19.2. The highest BCUT2D eigenvalue weighted by Crippen LogP contribution is 2.17. The van der Waals surface area contributed by atoms with E-state index < -0.39 is 0 Å². The zero-order valence-electron chi connectivity index (χ0n) is 17.7. The normalized spacial score (nSPS) is 21.4. The number of guanidine groups is 1. The van der Waals surface area contributed by atoms with E-state index in [0.29, 0.717) is 25.4 Å². The minimum absolute atomic E-state index is 0. The Balaban J connectivity index is 0.00000392. The van der Waals surface area contributed by atoms with E-state index in [1.165, 1.54) is 12.8 Å². The van der Waals surface area contributed by atoms with Crippen LogP contribution in [-0.2, 0) is 18.9 Å². The van der Waals surface area contributed by atoms with Crippen LogP contribution in [0.25, 0.3) is 0 Å². The predicted molar refractivity (Wildman–Crippen MR) is 123 cm³/mol. The standard InChI is InChI=1S/C20H39N3O4.HI/c1-21-20(22-10-4-6-13-25-16-15-24-2)23-11-8-18(9-12-23)27-17-19-7-3-5-14-26-19;/h18-19H,3-17H2,1-2H3,(H,21,22);1H. The number of aliphatic imine (C=N–C) groups is 1. The molecule has 0 aromatic rings. The molecule has 2 heterocycles. The van der Waals surface area contributed by atoms with Crippen molar-refractivity contribution in [2.75, 3.05) is 66.8 Å². The number of nitrogens with one attached hydrogen (secondary N) is 1. The fourth-order valence-electron chi connectivity index (χ4n) is 3.52. The van der Waals surface area contributed by atoms with E-state index in [2.05, 4.69) is 15.2 Å². The zero-order valence-corrected chi connectivity index (χ0v) is 20.0. The number of methoxy groups -OCH3 is 1. The largest absolute Gasteiger partial charge is 0.382 e. The molecule has 166 valence electrons. The average Bonchev–Trinajstić information content (AvgIpc) is 2.72. The van der Waals surface area contributed by atoms with Crippen molar-refractivity contribution in [3.8, 4) is 0 Å². The fourth-order valence-corrected chi connectivity index (χ4v) is 3.52. The van der Waals surface area contributed by atoms with Crippen LogP contribution in [0.2, 0.25) is 0 Å². The molecule has 7 nitrogen and oxygen atoms in total. The molecular weight excluding hydrogens is 473 g/mol. The van der Waals surface area contributed by atoms with E-state index in [4.69, 9.17) is 18.9 Å². The lowest BCUT2D eigenvalue weighted by Crippen LogP contribution is -2.47. The van der Waals surface area contributed by atoms with Gasteiger partial charge in [0, 0.05) is 47.0 Å². The number of likely N-dealkylation sites (tertiary alicyclic amines) is 1. The van der Waals surface area contributed by atoms with Gasteiger partial charge < -0.3 is 29.2 Å². The highest BCUT2D eigenvalue weighted by atomic mass is 127. The van der Waals surface area contributed by atoms with Gasteiger partial charge in [-0.05, 0) is 44.9 Å². The Morgan fingerprint density at radius 2 is 1.93 bits per heavy atom. The van der Waals surface area contributed by atoms with Gasteiger partial charge in [0.15, 0.2) is 5.96 Å². The van der Waals surface area contributed by atoms with Crippen molar-refractivity contribution in [1.29, 1.82) is 0 Å². The van der Waals surface area contributed by atoms with E-state index >= 15 is 0 Å².